The highest BCUT2D eigenvalue weighted by Gasteiger charge is 2.27. The number of aliphatic hydroxyl groups excluding tert-OH is 1. The molecule has 0 aliphatic carbocycles. The molecule has 0 saturated carbocycles. The van der Waals surface area contributed by atoms with Crippen molar-refractivity contribution in [3.05, 3.63) is 0 Å². The first-order valence-corrected chi connectivity index (χ1v) is 6.60. The van der Waals surface area contributed by atoms with Crippen LogP contribution in [0, 0.1) is 5.92 Å². The van der Waals surface area contributed by atoms with Crippen LogP contribution in [0.5, 0.6) is 0 Å². The fourth-order valence-electron chi connectivity index (χ4n) is 1.86. The van der Waals surface area contributed by atoms with Crippen LogP contribution < -0.4 is 5.32 Å². The average Bonchev–Trinajstić information content (AvgIpc) is 2.27. The minimum Gasteiger partial charge on any atom is -0.389 e. The molecule has 1 rings (SSSR count). The molecule has 0 aromatic heterocycles. The maximum absolute atomic E-state index is 9.79. The zero-order valence-corrected chi connectivity index (χ0v) is 11.4. The summed E-state index contributed by atoms with van der Waals surface area (Å²) in [5, 5.41) is 13.2. The summed E-state index contributed by atoms with van der Waals surface area (Å²) in [6.45, 7) is 9.74. The standard InChI is InChI=1S/C13H27NO3/c1-11(2)9-17-10-12(15)8-14-13(3)4-6-16-7-5-13/h11-12,14-15H,4-10H2,1-3H3. The minimum absolute atomic E-state index is 0.108. The molecule has 1 saturated heterocycles. The summed E-state index contributed by atoms with van der Waals surface area (Å²) in [6, 6.07) is 0. The molecule has 1 unspecified atom stereocenters. The Bertz CT molecular complexity index is 203. The van der Waals surface area contributed by atoms with Crippen molar-refractivity contribution in [2.45, 2.75) is 45.3 Å². The van der Waals surface area contributed by atoms with E-state index in [-0.39, 0.29) is 5.54 Å². The molecular weight excluding hydrogens is 218 g/mol. The van der Waals surface area contributed by atoms with Gasteiger partial charge in [-0.2, -0.15) is 0 Å². The fourth-order valence-corrected chi connectivity index (χ4v) is 1.86. The van der Waals surface area contributed by atoms with Gasteiger partial charge < -0.3 is 19.9 Å². The van der Waals surface area contributed by atoms with Crippen molar-refractivity contribution >= 4 is 0 Å². The number of β-amino-alcohol motifs (C(OH)–C–C–N with tert-alkyl or cyclic N) is 1. The number of rotatable bonds is 7. The Labute approximate surface area is 105 Å². The molecular formula is C13H27NO3. The van der Waals surface area contributed by atoms with Gasteiger partial charge in [-0.3, -0.25) is 0 Å². The van der Waals surface area contributed by atoms with E-state index in [0.717, 1.165) is 26.1 Å². The molecule has 1 fully saturated rings. The third-order valence-corrected chi connectivity index (χ3v) is 3.12. The van der Waals surface area contributed by atoms with Crippen LogP contribution >= 0.6 is 0 Å². The van der Waals surface area contributed by atoms with Crippen molar-refractivity contribution < 1.29 is 14.6 Å². The molecule has 4 heteroatoms. The summed E-state index contributed by atoms with van der Waals surface area (Å²) in [7, 11) is 0. The van der Waals surface area contributed by atoms with Crippen molar-refractivity contribution in [2.75, 3.05) is 33.0 Å². The third kappa shape index (κ3) is 6.36. The van der Waals surface area contributed by atoms with Crippen molar-refractivity contribution in [1.29, 1.82) is 0 Å². The zero-order valence-electron chi connectivity index (χ0n) is 11.4. The first-order chi connectivity index (χ1) is 8.02. The van der Waals surface area contributed by atoms with Crippen LogP contribution in [-0.4, -0.2) is 49.7 Å². The number of ether oxygens (including phenoxy) is 2. The number of aliphatic hydroxyl groups is 1. The smallest absolute Gasteiger partial charge is 0.0897 e. The maximum Gasteiger partial charge on any atom is 0.0897 e. The molecule has 17 heavy (non-hydrogen) atoms. The second-order valence-corrected chi connectivity index (χ2v) is 5.64. The van der Waals surface area contributed by atoms with Gasteiger partial charge in [-0.1, -0.05) is 13.8 Å². The molecule has 2 N–H and O–H groups in total. The molecule has 1 atom stereocenters. The van der Waals surface area contributed by atoms with E-state index < -0.39 is 6.10 Å². The first-order valence-electron chi connectivity index (χ1n) is 6.60. The summed E-state index contributed by atoms with van der Waals surface area (Å²) in [4.78, 5) is 0. The van der Waals surface area contributed by atoms with E-state index in [1.165, 1.54) is 0 Å². The minimum atomic E-state index is -0.423. The Hall–Kier alpha value is -0.160. The lowest BCUT2D eigenvalue weighted by atomic mass is 9.92. The maximum atomic E-state index is 9.79. The van der Waals surface area contributed by atoms with Crippen molar-refractivity contribution in [1.82, 2.24) is 5.32 Å². The van der Waals surface area contributed by atoms with E-state index in [1.54, 1.807) is 0 Å². The summed E-state index contributed by atoms with van der Waals surface area (Å²) < 4.78 is 10.8. The SMILES string of the molecule is CC(C)COCC(O)CNC1(C)CCOCC1. The largest absolute Gasteiger partial charge is 0.389 e. The average molecular weight is 245 g/mol. The van der Waals surface area contributed by atoms with Crippen LogP contribution in [0.15, 0.2) is 0 Å². The molecule has 0 aromatic rings. The summed E-state index contributed by atoms with van der Waals surface area (Å²) in [6.07, 6.45) is 1.59. The fraction of sp³-hybridized carbons (Fsp3) is 1.00. The molecule has 1 aliphatic rings. The monoisotopic (exact) mass is 245 g/mol. The van der Waals surface area contributed by atoms with Crippen molar-refractivity contribution in [2.24, 2.45) is 5.92 Å². The summed E-state index contributed by atoms with van der Waals surface area (Å²) in [5.74, 6) is 0.517. The van der Waals surface area contributed by atoms with Gasteiger partial charge in [0.05, 0.1) is 12.7 Å². The molecule has 0 aromatic carbocycles. The molecule has 0 spiro atoms. The normalized spacial score (nSPS) is 21.7. The Morgan fingerprint density at radius 2 is 1.94 bits per heavy atom. The van der Waals surface area contributed by atoms with Gasteiger partial charge in [0.15, 0.2) is 0 Å². The molecule has 0 radical (unpaired) electrons. The summed E-state index contributed by atoms with van der Waals surface area (Å²) in [5.41, 5.74) is 0.108. The Morgan fingerprint density at radius 3 is 2.53 bits per heavy atom. The molecule has 0 amide bonds. The second kappa shape index (κ2) is 7.31. The lowest BCUT2D eigenvalue weighted by molar-refractivity contribution is 0.0104. The highest BCUT2D eigenvalue weighted by atomic mass is 16.5. The van der Waals surface area contributed by atoms with Gasteiger partial charge >= 0.3 is 0 Å². The lowest BCUT2D eigenvalue weighted by Crippen LogP contribution is -2.49. The summed E-state index contributed by atoms with van der Waals surface area (Å²) >= 11 is 0. The van der Waals surface area contributed by atoms with E-state index in [9.17, 15) is 5.11 Å². The van der Waals surface area contributed by atoms with Crippen molar-refractivity contribution in [3.63, 3.8) is 0 Å². The van der Waals surface area contributed by atoms with Gasteiger partial charge in [0, 0.05) is 31.9 Å². The second-order valence-electron chi connectivity index (χ2n) is 5.64. The van der Waals surface area contributed by atoms with Crippen molar-refractivity contribution in [3.8, 4) is 0 Å². The third-order valence-electron chi connectivity index (χ3n) is 3.12. The zero-order chi connectivity index (χ0) is 12.7. The van der Waals surface area contributed by atoms with Gasteiger partial charge in [-0.25, -0.2) is 0 Å². The highest BCUT2D eigenvalue weighted by Crippen LogP contribution is 2.19. The van der Waals surface area contributed by atoms with Crippen LogP contribution in [0.1, 0.15) is 33.6 Å². The Balaban J connectivity index is 2.11. The van der Waals surface area contributed by atoms with Crippen LogP contribution in [0.25, 0.3) is 0 Å². The van der Waals surface area contributed by atoms with Crippen LogP contribution in [0.4, 0.5) is 0 Å². The predicted octanol–water partition coefficient (Wildman–Crippen LogP) is 1.18. The number of hydrogen-bond donors (Lipinski definition) is 2. The topological polar surface area (TPSA) is 50.7 Å². The van der Waals surface area contributed by atoms with Crippen LogP contribution in [0.2, 0.25) is 0 Å². The van der Waals surface area contributed by atoms with Gasteiger partial charge in [0.25, 0.3) is 0 Å². The first kappa shape index (κ1) is 14.9. The van der Waals surface area contributed by atoms with Gasteiger partial charge in [0.2, 0.25) is 0 Å². The lowest BCUT2D eigenvalue weighted by Gasteiger charge is -2.35. The van der Waals surface area contributed by atoms with Crippen LogP contribution in [0.3, 0.4) is 0 Å². The predicted molar refractivity (Wildman–Crippen MR) is 68.1 cm³/mol. The van der Waals surface area contributed by atoms with Gasteiger partial charge in [0.1, 0.15) is 0 Å². The Kier molecular flexibility index (Phi) is 6.41. The highest BCUT2D eigenvalue weighted by molar-refractivity contribution is 4.86. The quantitative estimate of drug-likeness (QED) is 0.707. The van der Waals surface area contributed by atoms with E-state index in [0.29, 0.717) is 25.7 Å². The van der Waals surface area contributed by atoms with Crippen LogP contribution in [-0.2, 0) is 9.47 Å². The molecule has 1 heterocycles. The molecule has 1 aliphatic heterocycles. The number of nitrogens with one attached hydrogen (secondary N) is 1. The molecule has 0 bridgehead atoms. The van der Waals surface area contributed by atoms with Gasteiger partial charge in [-0.15, -0.1) is 0 Å². The Morgan fingerprint density at radius 1 is 1.29 bits per heavy atom. The van der Waals surface area contributed by atoms with E-state index >= 15 is 0 Å². The van der Waals surface area contributed by atoms with E-state index in [1.807, 2.05) is 0 Å². The number of hydrogen-bond acceptors (Lipinski definition) is 4. The van der Waals surface area contributed by atoms with E-state index in [2.05, 4.69) is 26.1 Å². The van der Waals surface area contributed by atoms with Gasteiger partial charge in [-0.05, 0) is 25.7 Å². The van der Waals surface area contributed by atoms with E-state index in [4.69, 9.17) is 9.47 Å². The molecule has 102 valence electrons. The molecule has 4 nitrogen and oxygen atoms in total.